The largest absolute Gasteiger partial charge is 0.490 e. The molecule has 134 valence electrons. The zero-order valence-corrected chi connectivity index (χ0v) is 15.2. The number of benzene rings is 3. The van der Waals surface area contributed by atoms with Gasteiger partial charge in [-0.05, 0) is 30.7 Å². The Balaban J connectivity index is 1.46. The number of aryl methyl sites for hydroxylation is 1. The molecule has 26 heavy (non-hydrogen) atoms. The van der Waals surface area contributed by atoms with E-state index in [0.29, 0.717) is 13.2 Å². The fourth-order valence-corrected chi connectivity index (χ4v) is 2.78. The Morgan fingerprint density at radius 2 is 1.50 bits per heavy atom. The van der Waals surface area contributed by atoms with E-state index in [2.05, 4.69) is 42.6 Å². The average Bonchev–Trinajstić information content (AvgIpc) is 2.67. The number of nitrogens with one attached hydrogen (secondary N) is 1. The number of hydrogen-bond donors (Lipinski definition) is 1. The summed E-state index contributed by atoms with van der Waals surface area (Å²) in [6.45, 7) is 4.76. The molecule has 0 spiro atoms. The summed E-state index contributed by atoms with van der Waals surface area (Å²) in [5, 5.41) is 3.49. The van der Waals surface area contributed by atoms with E-state index in [1.165, 1.54) is 11.1 Å². The Hall–Kier alpha value is -2.78. The number of ether oxygens (including phenoxy) is 2. The summed E-state index contributed by atoms with van der Waals surface area (Å²) in [4.78, 5) is 0. The normalized spacial score (nSPS) is 10.5. The van der Waals surface area contributed by atoms with Crippen molar-refractivity contribution in [2.45, 2.75) is 20.0 Å². The number of para-hydroxylation sites is 2. The van der Waals surface area contributed by atoms with E-state index in [1.54, 1.807) is 0 Å². The van der Waals surface area contributed by atoms with Gasteiger partial charge in [0.25, 0.3) is 0 Å². The molecule has 3 aromatic rings. The van der Waals surface area contributed by atoms with Crippen LogP contribution in [0.3, 0.4) is 0 Å². The highest BCUT2D eigenvalue weighted by Crippen LogP contribution is 2.18. The van der Waals surface area contributed by atoms with Gasteiger partial charge in [-0.2, -0.15) is 0 Å². The molecule has 1 N–H and O–H groups in total. The lowest BCUT2D eigenvalue weighted by Gasteiger charge is -2.13. The summed E-state index contributed by atoms with van der Waals surface area (Å²) in [5.41, 5.74) is 3.73. The van der Waals surface area contributed by atoms with Crippen LogP contribution >= 0.6 is 0 Å². The zero-order chi connectivity index (χ0) is 18.0. The molecule has 0 fully saturated rings. The van der Waals surface area contributed by atoms with E-state index in [4.69, 9.17) is 9.47 Å². The van der Waals surface area contributed by atoms with Crippen LogP contribution in [-0.2, 0) is 13.1 Å². The maximum atomic E-state index is 5.92. The molecule has 0 saturated carbocycles. The summed E-state index contributed by atoms with van der Waals surface area (Å²) in [6, 6.07) is 26.5. The fraction of sp³-hybridized carbons (Fsp3) is 0.217. The molecule has 0 unspecified atom stereocenters. The quantitative estimate of drug-likeness (QED) is 0.567. The molecule has 0 radical (unpaired) electrons. The van der Waals surface area contributed by atoms with Gasteiger partial charge in [0.15, 0.2) is 0 Å². The lowest BCUT2D eigenvalue weighted by atomic mass is 10.1. The Labute approximate surface area is 155 Å². The monoisotopic (exact) mass is 347 g/mol. The van der Waals surface area contributed by atoms with E-state index in [1.807, 2.05) is 48.5 Å². The SMILES string of the molecule is Cc1cccc(CNCc2ccccc2OCCOc2ccccc2)c1. The molecule has 3 rings (SSSR count). The second kappa shape index (κ2) is 9.64. The number of rotatable bonds is 9. The first-order valence-corrected chi connectivity index (χ1v) is 8.96. The van der Waals surface area contributed by atoms with Crippen molar-refractivity contribution in [2.75, 3.05) is 13.2 Å². The van der Waals surface area contributed by atoms with Crippen LogP contribution < -0.4 is 14.8 Å². The molecule has 0 heterocycles. The van der Waals surface area contributed by atoms with Crippen LogP contribution in [0.25, 0.3) is 0 Å². The number of hydrogen-bond acceptors (Lipinski definition) is 3. The van der Waals surface area contributed by atoms with Crippen molar-refractivity contribution in [3.63, 3.8) is 0 Å². The molecule has 0 amide bonds. The third kappa shape index (κ3) is 5.64. The zero-order valence-electron chi connectivity index (χ0n) is 15.2. The second-order valence-corrected chi connectivity index (χ2v) is 6.21. The minimum atomic E-state index is 0.518. The smallest absolute Gasteiger partial charge is 0.123 e. The third-order valence-corrected chi connectivity index (χ3v) is 4.05. The Morgan fingerprint density at radius 1 is 0.731 bits per heavy atom. The van der Waals surface area contributed by atoms with Crippen LogP contribution in [0.2, 0.25) is 0 Å². The van der Waals surface area contributed by atoms with Gasteiger partial charge in [0.2, 0.25) is 0 Å². The first-order valence-electron chi connectivity index (χ1n) is 8.96. The Kier molecular flexibility index (Phi) is 6.68. The highest BCUT2D eigenvalue weighted by Gasteiger charge is 2.03. The van der Waals surface area contributed by atoms with Crippen LogP contribution in [0.15, 0.2) is 78.9 Å². The highest BCUT2D eigenvalue weighted by molar-refractivity contribution is 5.33. The van der Waals surface area contributed by atoms with Gasteiger partial charge < -0.3 is 14.8 Å². The molecule has 0 atom stereocenters. The maximum absolute atomic E-state index is 5.92. The van der Waals surface area contributed by atoms with Gasteiger partial charge in [-0.3, -0.25) is 0 Å². The van der Waals surface area contributed by atoms with Crippen LogP contribution in [0.4, 0.5) is 0 Å². The lowest BCUT2D eigenvalue weighted by molar-refractivity contribution is 0.215. The molecule has 3 heteroatoms. The Morgan fingerprint density at radius 3 is 2.35 bits per heavy atom. The van der Waals surface area contributed by atoms with Crippen LogP contribution in [0.1, 0.15) is 16.7 Å². The van der Waals surface area contributed by atoms with Crippen molar-refractivity contribution < 1.29 is 9.47 Å². The summed E-state index contributed by atoms with van der Waals surface area (Å²) >= 11 is 0. The molecule has 3 nitrogen and oxygen atoms in total. The first kappa shape index (κ1) is 18.0. The molecule has 0 aliphatic carbocycles. The van der Waals surface area contributed by atoms with Crippen LogP contribution in [0, 0.1) is 6.92 Å². The minimum absolute atomic E-state index is 0.518. The lowest BCUT2D eigenvalue weighted by Crippen LogP contribution is -2.15. The van der Waals surface area contributed by atoms with Gasteiger partial charge in [-0.25, -0.2) is 0 Å². The summed E-state index contributed by atoms with van der Waals surface area (Å²) in [5.74, 6) is 1.77. The minimum Gasteiger partial charge on any atom is -0.490 e. The van der Waals surface area contributed by atoms with Crippen molar-refractivity contribution in [3.05, 3.63) is 95.6 Å². The van der Waals surface area contributed by atoms with Crippen molar-refractivity contribution in [2.24, 2.45) is 0 Å². The van der Waals surface area contributed by atoms with E-state index < -0.39 is 0 Å². The van der Waals surface area contributed by atoms with Gasteiger partial charge in [0.05, 0.1) is 0 Å². The summed E-state index contributed by atoms with van der Waals surface area (Å²) in [7, 11) is 0. The van der Waals surface area contributed by atoms with E-state index >= 15 is 0 Å². The standard InChI is InChI=1S/C23H25NO2/c1-19-8-7-9-20(16-19)17-24-18-21-10-5-6-13-23(21)26-15-14-25-22-11-3-2-4-12-22/h2-13,16,24H,14-15,17-18H2,1H3. The van der Waals surface area contributed by atoms with Gasteiger partial charge in [0, 0.05) is 18.7 Å². The van der Waals surface area contributed by atoms with Gasteiger partial charge in [-0.1, -0.05) is 66.2 Å². The van der Waals surface area contributed by atoms with E-state index in [-0.39, 0.29) is 0 Å². The Bertz CT molecular complexity index is 802. The molecule has 0 aromatic heterocycles. The molecule has 0 aliphatic heterocycles. The fourth-order valence-electron chi connectivity index (χ4n) is 2.78. The highest BCUT2D eigenvalue weighted by atomic mass is 16.5. The predicted molar refractivity (Wildman–Crippen MR) is 106 cm³/mol. The van der Waals surface area contributed by atoms with Gasteiger partial charge >= 0.3 is 0 Å². The topological polar surface area (TPSA) is 30.5 Å². The molecular weight excluding hydrogens is 322 g/mol. The molecular formula is C23H25NO2. The molecule has 0 saturated heterocycles. The van der Waals surface area contributed by atoms with Crippen molar-refractivity contribution >= 4 is 0 Å². The third-order valence-electron chi connectivity index (χ3n) is 4.05. The first-order chi connectivity index (χ1) is 12.8. The van der Waals surface area contributed by atoms with Gasteiger partial charge in [0.1, 0.15) is 24.7 Å². The molecule has 0 bridgehead atoms. The van der Waals surface area contributed by atoms with E-state index in [9.17, 15) is 0 Å². The maximum Gasteiger partial charge on any atom is 0.123 e. The van der Waals surface area contributed by atoms with Crippen LogP contribution in [0.5, 0.6) is 11.5 Å². The van der Waals surface area contributed by atoms with Crippen molar-refractivity contribution in [1.29, 1.82) is 0 Å². The van der Waals surface area contributed by atoms with Crippen molar-refractivity contribution in [3.8, 4) is 11.5 Å². The second-order valence-electron chi connectivity index (χ2n) is 6.21. The predicted octanol–water partition coefficient (Wildman–Crippen LogP) is 4.74. The molecule has 0 aliphatic rings. The summed E-state index contributed by atoms with van der Waals surface area (Å²) in [6.07, 6.45) is 0. The average molecular weight is 347 g/mol. The van der Waals surface area contributed by atoms with Crippen LogP contribution in [-0.4, -0.2) is 13.2 Å². The molecule has 3 aromatic carbocycles. The summed E-state index contributed by atoms with van der Waals surface area (Å²) < 4.78 is 11.6. The van der Waals surface area contributed by atoms with Crippen molar-refractivity contribution in [1.82, 2.24) is 5.32 Å². The van der Waals surface area contributed by atoms with Gasteiger partial charge in [-0.15, -0.1) is 0 Å². The van der Waals surface area contributed by atoms with E-state index in [0.717, 1.165) is 30.2 Å².